The van der Waals surface area contributed by atoms with Crippen molar-refractivity contribution in [2.45, 2.75) is 52.4 Å². The summed E-state index contributed by atoms with van der Waals surface area (Å²) in [6, 6.07) is 75.6. The molecule has 0 saturated heterocycles. The Hall–Kier alpha value is -7.42. The fourth-order valence-corrected chi connectivity index (χ4v) is 11.0. The maximum atomic E-state index is 2.48. The smallest absolute Gasteiger partial charge is 0.0467 e. The third-order valence-corrected chi connectivity index (χ3v) is 13.9. The summed E-state index contributed by atoms with van der Waals surface area (Å²) in [5.41, 5.74) is 24.9. The first kappa shape index (κ1) is 39.4. The first-order valence-electron chi connectivity index (χ1n) is 22.6. The van der Waals surface area contributed by atoms with E-state index in [4.69, 9.17) is 0 Å². The Kier molecular flexibility index (Phi) is 9.33. The lowest BCUT2D eigenvalue weighted by Gasteiger charge is -2.32. The summed E-state index contributed by atoms with van der Waals surface area (Å²) in [6.45, 7) is 14.4. The van der Waals surface area contributed by atoms with Crippen LogP contribution >= 0.6 is 0 Å². The lowest BCUT2D eigenvalue weighted by Crippen LogP contribution is -2.24. The van der Waals surface area contributed by atoms with Gasteiger partial charge in [0.15, 0.2) is 0 Å². The van der Waals surface area contributed by atoms with Crippen LogP contribution < -0.4 is 9.80 Å². The average molecular weight is 825 g/mol. The lowest BCUT2D eigenvalue weighted by atomic mass is 9.72. The van der Waals surface area contributed by atoms with Gasteiger partial charge in [-0.15, -0.1) is 0 Å². The highest BCUT2D eigenvalue weighted by molar-refractivity contribution is 5.96. The molecule has 9 aromatic carbocycles. The molecule has 0 amide bonds. The summed E-state index contributed by atoms with van der Waals surface area (Å²) in [7, 11) is 0. The second-order valence-corrected chi connectivity index (χ2v) is 18.7. The van der Waals surface area contributed by atoms with Crippen LogP contribution in [0.15, 0.2) is 206 Å². The molecular weight excluding hydrogens is 773 g/mol. The van der Waals surface area contributed by atoms with Crippen molar-refractivity contribution in [2.75, 3.05) is 9.80 Å². The van der Waals surface area contributed by atoms with Gasteiger partial charge < -0.3 is 9.80 Å². The predicted molar refractivity (Wildman–Crippen MR) is 271 cm³/mol. The van der Waals surface area contributed by atoms with E-state index in [9.17, 15) is 0 Å². The Morgan fingerprint density at radius 2 is 0.625 bits per heavy atom. The summed E-state index contributed by atoms with van der Waals surface area (Å²) in [5.74, 6) is 0. The summed E-state index contributed by atoms with van der Waals surface area (Å²) in [4.78, 5) is 4.86. The SMILES string of the molecule is Cc1cc(N(c2ccccc2)c2cccc(-c3ccccc3)c2)cc2c1-c1ccc3c(c1C2(C)C)C(C)(C)c1cc(N(c2ccccc2)c2cccc(-c4ccccc4)c2)cc(C)c1-3. The molecule has 0 aliphatic heterocycles. The molecule has 2 nitrogen and oxygen atoms in total. The second kappa shape index (κ2) is 15.1. The molecule has 11 rings (SSSR count). The zero-order valence-corrected chi connectivity index (χ0v) is 37.5. The molecule has 0 fully saturated rings. The largest absolute Gasteiger partial charge is 0.310 e. The van der Waals surface area contributed by atoms with Crippen molar-refractivity contribution in [1.29, 1.82) is 0 Å². The van der Waals surface area contributed by atoms with Crippen molar-refractivity contribution >= 4 is 34.1 Å². The molecule has 0 bridgehead atoms. The number of aryl methyl sites for hydroxylation is 2. The van der Waals surface area contributed by atoms with Gasteiger partial charge in [0.25, 0.3) is 0 Å². The van der Waals surface area contributed by atoms with Crippen molar-refractivity contribution < 1.29 is 0 Å². The molecule has 2 aliphatic carbocycles. The van der Waals surface area contributed by atoms with E-state index in [0.717, 1.165) is 22.7 Å². The molecule has 2 aliphatic rings. The van der Waals surface area contributed by atoms with Crippen LogP contribution in [-0.4, -0.2) is 0 Å². The van der Waals surface area contributed by atoms with E-state index in [-0.39, 0.29) is 10.8 Å². The van der Waals surface area contributed by atoms with Gasteiger partial charge >= 0.3 is 0 Å². The predicted octanol–water partition coefficient (Wildman–Crippen LogP) is 17.2. The lowest BCUT2D eigenvalue weighted by molar-refractivity contribution is 0.601. The number of fused-ring (bicyclic) bond motifs is 7. The minimum Gasteiger partial charge on any atom is -0.310 e. The molecule has 0 aromatic heterocycles. The average Bonchev–Trinajstić information content (AvgIpc) is 3.70. The van der Waals surface area contributed by atoms with Crippen LogP contribution in [0.2, 0.25) is 0 Å². The van der Waals surface area contributed by atoms with E-state index in [0.29, 0.717) is 0 Å². The summed E-state index contributed by atoms with van der Waals surface area (Å²) >= 11 is 0. The number of para-hydroxylation sites is 2. The molecule has 0 N–H and O–H groups in total. The number of anilines is 6. The Bertz CT molecular complexity index is 3000. The first-order chi connectivity index (χ1) is 31.1. The fourth-order valence-electron chi connectivity index (χ4n) is 11.0. The molecule has 2 heteroatoms. The van der Waals surface area contributed by atoms with Crippen LogP contribution in [0.5, 0.6) is 0 Å². The fraction of sp³-hybridized carbons (Fsp3) is 0.129. The number of rotatable bonds is 8. The third kappa shape index (κ3) is 6.31. The summed E-state index contributed by atoms with van der Waals surface area (Å²) in [6.07, 6.45) is 0. The molecule has 0 unspecified atom stereocenters. The van der Waals surface area contributed by atoms with E-state index in [1.54, 1.807) is 0 Å². The van der Waals surface area contributed by atoms with Crippen molar-refractivity contribution in [3.63, 3.8) is 0 Å². The van der Waals surface area contributed by atoms with Gasteiger partial charge in [0.05, 0.1) is 0 Å². The van der Waals surface area contributed by atoms with Gasteiger partial charge in [-0.1, -0.05) is 161 Å². The highest BCUT2D eigenvalue weighted by atomic mass is 15.1. The molecule has 0 atom stereocenters. The number of hydrogen-bond acceptors (Lipinski definition) is 2. The minimum absolute atomic E-state index is 0.255. The van der Waals surface area contributed by atoms with Gasteiger partial charge in [-0.3, -0.25) is 0 Å². The normalized spacial score (nSPS) is 13.7. The van der Waals surface area contributed by atoms with Crippen molar-refractivity contribution in [3.8, 4) is 44.5 Å². The van der Waals surface area contributed by atoms with Crippen LogP contribution in [0.4, 0.5) is 34.1 Å². The molecular formula is C62H52N2. The Morgan fingerprint density at radius 3 is 1.00 bits per heavy atom. The zero-order valence-electron chi connectivity index (χ0n) is 37.5. The molecule has 310 valence electrons. The number of benzene rings is 9. The van der Waals surface area contributed by atoms with Crippen LogP contribution in [0.3, 0.4) is 0 Å². The van der Waals surface area contributed by atoms with Gasteiger partial charge in [-0.2, -0.15) is 0 Å². The molecule has 0 saturated carbocycles. The van der Waals surface area contributed by atoms with Gasteiger partial charge in [0.2, 0.25) is 0 Å². The quantitative estimate of drug-likeness (QED) is 0.151. The first-order valence-corrected chi connectivity index (χ1v) is 22.6. The standard InChI is InChI=1S/C62H52N2/c1-41-35-51(63(47-27-15-9-16-28-47)49-31-19-25-45(37-49)43-21-11-7-12-22-43)39-55-57(41)53-33-34-54-58-42(2)36-52(40-56(58)62(5,6)60(54)59(53)61(55,3)4)64(48-29-17-10-18-30-48)50-32-20-26-46(38-50)44-23-13-8-14-24-44/h7-40H,1-6H3. The highest BCUT2D eigenvalue weighted by Gasteiger charge is 2.47. The Balaban J connectivity index is 1.03. The second-order valence-electron chi connectivity index (χ2n) is 18.7. The van der Waals surface area contributed by atoms with E-state index in [2.05, 4.69) is 258 Å². The molecule has 0 spiro atoms. The summed E-state index contributed by atoms with van der Waals surface area (Å²) in [5, 5.41) is 0. The topological polar surface area (TPSA) is 6.48 Å². The van der Waals surface area contributed by atoms with E-state index in [1.165, 1.54) is 89.3 Å². The van der Waals surface area contributed by atoms with Crippen LogP contribution in [0.1, 0.15) is 61.1 Å². The molecule has 64 heavy (non-hydrogen) atoms. The number of nitrogens with zero attached hydrogens (tertiary/aromatic N) is 2. The molecule has 0 heterocycles. The van der Waals surface area contributed by atoms with Gasteiger partial charge in [0, 0.05) is 45.0 Å². The minimum atomic E-state index is -0.255. The Labute approximate surface area is 378 Å². The van der Waals surface area contributed by atoms with Gasteiger partial charge in [-0.05, 0) is 165 Å². The number of hydrogen-bond donors (Lipinski definition) is 0. The highest BCUT2D eigenvalue weighted by Crippen LogP contribution is 2.61. The van der Waals surface area contributed by atoms with Crippen LogP contribution in [0, 0.1) is 13.8 Å². The summed E-state index contributed by atoms with van der Waals surface area (Å²) < 4.78 is 0. The monoisotopic (exact) mass is 824 g/mol. The zero-order chi connectivity index (χ0) is 43.7. The van der Waals surface area contributed by atoms with Gasteiger partial charge in [-0.25, -0.2) is 0 Å². The molecule has 9 aromatic rings. The van der Waals surface area contributed by atoms with Crippen molar-refractivity contribution in [2.24, 2.45) is 0 Å². The Morgan fingerprint density at radius 1 is 0.297 bits per heavy atom. The van der Waals surface area contributed by atoms with Gasteiger partial charge in [0.1, 0.15) is 0 Å². The maximum Gasteiger partial charge on any atom is 0.0467 e. The van der Waals surface area contributed by atoms with Crippen LogP contribution in [-0.2, 0) is 10.8 Å². The van der Waals surface area contributed by atoms with Crippen molar-refractivity contribution in [1.82, 2.24) is 0 Å². The molecule has 0 radical (unpaired) electrons. The van der Waals surface area contributed by atoms with Crippen molar-refractivity contribution in [3.05, 3.63) is 240 Å². The van der Waals surface area contributed by atoms with E-state index >= 15 is 0 Å². The van der Waals surface area contributed by atoms with E-state index < -0.39 is 0 Å². The maximum absolute atomic E-state index is 2.48. The third-order valence-electron chi connectivity index (χ3n) is 13.9. The van der Waals surface area contributed by atoms with E-state index in [1.807, 2.05) is 0 Å². The van der Waals surface area contributed by atoms with Crippen LogP contribution in [0.25, 0.3) is 44.5 Å².